The van der Waals surface area contributed by atoms with Gasteiger partial charge in [-0.05, 0) is 19.8 Å². The maximum absolute atomic E-state index is 11.9. The van der Waals surface area contributed by atoms with E-state index in [-0.39, 0.29) is 12.1 Å². The van der Waals surface area contributed by atoms with Crippen molar-refractivity contribution in [2.45, 2.75) is 38.5 Å². The summed E-state index contributed by atoms with van der Waals surface area (Å²) in [4.78, 5) is 0. The molecule has 0 spiro atoms. The van der Waals surface area contributed by atoms with Crippen LogP contribution in [0.25, 0.3) is 0 Å². The van der Waals surface area contributed by atoms with E-state index in [9.17, 15) is 8.78 Å². The fourth-order valence-electron chi connectivity index (χ4n) is 1.80. The number of ether oxygens (including phenoxy) is 1. The molecule has 0 aromatic carbocycles. The predicted molar refractivity (Wildman–Crippen MR) is 50.5 cm³/mol. The van der Waals surface area contributed by atoms with Crippen LogP contribution in [0.2, 0.25) is 0 Å². The molecule has 0 aliphatic heterocycles. The SMILES string of the molecule is Cc1c(N)cnn1[C@H]1C[C@H](OC(F)F)C1. The van der Waals surface area contributed by atoms with Gasteiger partial charge >= 0.3 is 6.61 Å². The van der Waals surface area contributed by atoms with Crippen LogP contribution >= 0.6 is 0 Å². The van der Waals surface area contributed by atoms with Gasteiger partial charge in [0.15, 0.2) is 0 Å². The van der Waals surface area contributed by atoms with E-state index in [2.05, 4.69) is 9.84 Å². The molecule has 1 saturated carbocycles. The van der Waals surface area contributed by atoms with Gasteiger partial charge in [-0.15, -0.1) is 0 Å². The van der Waals surface area contributed by atoms with E-state index >= 15 is 0 Å². The molecule has 84 valence electrons. The number of anilines is 1. The molecule has 1 fully saturated rings. The number of halogens is 2. The standard InChI is InChI=1S/C9H13F2N3O/c1-5-8(12)4-13-14(5)6-2-7(3-6)15-9(10)11/h4,6-7,9H,2-3,12H2,1H3/t6-,7-. The molecule has 1 aromatic rings. The van der Waals surface area contributed by atoms with Gasteiger partial charge < -0.3 is 10.5 Å². The molecular formula is C9H13F2N3O. The second kappa shape index (κ2) is 3.77. The van der Waals surface area contributed by atoms with Gasteiger partial charge in [0, 0.05) is 0 Å². The number of rotatable bonds is 3. The Hall–Kier alpha value is -1.17. The lowest BCUT2D eigenvalue weighted by Gasteiger charge is -2.35. The van der Waals surface area contributed by atoms with E-state index in [0.29, 0.717) is 18.5 Å². The summed E-state index contributed by atoms with van der Waals surface area (Å²) in [6, 6.07) is 0.144. The van der Waals surface area contributed by atoms with E-state index in [0.717, 1.165) is 5.69 Å². The normalized spacial score (nSPS) is 25.6. The Bertz CT molecular complexity index is 347. The van der Waals surface area contributed by atoms with Crippen LogP contribution in [-0.2, 0) is 4.74 Å². The lowest BCUT2D eigenvalue weighted by molar-refractivity contribution is -0.189. The number of nitrogen functional groups attached to an aromatic ring is 1. The van der Waals surface area contributed by atoms with Crippen LogP contribution in [0.3, 0.4) is 0 Å². The van der Waals surface area contributed by atoms with Crippen LogP contribution in [-0.4, -0.2) is 22.5 Å². The number of hydrogen-bond donors (Lipinski definition) is 1. The van der Waals surface area contributed by atoms with E-state index in [1.54, 1.807) is 10.9 Å². The zero-order valence-electron chi connectivity index (χ0n) is 8.36. The predicted octanol–water partition coefficient (Wildman–Crippen LogP) is 1.72. The number of aromatic nitrogens is 2. The Labute approximate surface area is 86.0 Å². The van der Waals surface area contributed by atoms with Crippen molar-refractivity contribution in [2.24, 2.45) is 0 Å². The lowest BCUT2D eigenvalue weighted by atomic mass is 9.89. The molecular weight excluding hydrogens is 204 g/mol. The highest BCUT2D eigenvalue weighted by atomic mass is 19.3. The first kappa shape index (κ1) is 10.4. The van der Waals surface area contributed by atoms with Gasteiger partial charge in [0.2, 0.25) is 0 Å². The first-order valence-corrected chi connectivity index (χ1v) is 4.81. The average molecular weight is 217 g/mol. The number of alkyl halides is 2. The van der Waals surface area contributed by atoms with Crippen molar-refractivity contribution in [1.82, 2.24) is 9.78 Å². The van der Waals surface area contributed by atoms with E-state index in [1.807, 2.05) is 6.92 Å². The summed E-state index contributed by atoms with van der Waals surface area (Å²) >= 11 is 0. The molecule has 1 aliphatic carbocycles. The van der Waals surface area contributed by atoms with Crippen molar-refractivity contribution in [3.8, 4) is 0 Å². The second-order valence-corrected chi connectivity index (χ2v) is 3.77. The van der Waals surface area contributed by atoms with Crippen LogP contribution in [0.5, 0.6) is 0 Å². The summed E-state index contributed by atoms with van der Waals surface area (Å²) in [6.07, 6.45) is 2.38. The van der Waals surface area contributed by atoms with Gasteiger partial charge in [-0.2, -0.15) is 13.9 Å². The monoisotopic (exact) mass is 217 g/mol. The van der Waals surface area contributed by atoms with Crippen molar-refractivity contribution in [3.63, 3.8) is 0 Å². The average Bonchev–Trinajstić information content (AvgIpc) is 2.40. The molecule has 1 aromatic heterocycles. The molecule has 15 heavy (non-hydrogen) atoms. The van der Waals surface area contributed by atoms with Gasteiger partial charge in [0.25, 0.3) is 0 Å². The fraction of sp³-hybridized carbons (Fsp3) is 0.667. The quantitative estimate of drug-likeness (QED) is 0.838. The van der Waals surface area contributed by atoms with Crippen LogP contribution in [0.15, 0.2) is 6.20 Å². The van der Waals surface area contributed by atoms with Crippen molar-refractivity contribution in [3.05, 3.63) is 11.9 Å². The van der Waals surface area contributed by atoms with Gasteiger partial charge in [-0.1, -0.05) is 0 Å². The van der Waals surface area contributed by atoms with Crippen molar-refractivity contribution >= 4 is 5.69 Å². The maximum Gasteiger partial charge on any atom is 0.345 e. The molecule has 0 unspecified atom stereocenters. The Morgan fingerprint density at radius 1 is 1.60 bits per heavy atom. The van der Waals surface area contributed by atoms with Gasteiger partial charge in [-0.3, -0.25) is 4.68 Å². The molecule has 2 N–H and O–H groups in total. The van der Waals surface area contributed by atoms with Crippen LogP contribution in [0.1, 0.15) is 24.6 Å². The zero-order valence-corrected chi connectivity index (χ0v) is 8.36. The highest BCUT2D eigenvalue weighted by Gasteiger charge is 2.34. The summed E-state index contributed by atoms with van der Waals surface area (Å²) in [5.74, 6) is 0. The maximum atomic E-state index is 11.9. The molecule has 2 rings (SSSR count). The molecule has 0 atom stereocenters. The Kier molecular flexibility index (Phi) is 2.60. The Morgan fingerprint density at radius 2 is 2.27 bits per heavy atom. The molecule has 0 amide bonds. The van der Waals surface area contributed by atoms with E-state index < -0.39 is 6.61 Å². The second-order valence-electron chi connectivity index (χ2n) is 3.77. The summed E-state index contributed by atoms with van der Waals surface area (Å²) in [7, 11) is 0. The van der Waals surface area contributed by atoms with Crippen molar-refractivity contribution in [2.75, 3.05) is 5.73 Å². The Morgan fingerprint density at radius 3 is 2.73 bits per heavy atom. The van der Waals surface area contributed by atoms with E-state index in [4.69, 9.17) is 5.73 Å². The largest absolute Gasteiger partial charge is 0.396 e. The molecule has 1 heterocycles. The first-order valence-electron chi connectivity index (χ1n) is 4.81. The smallest absolute Gasteiger partial charge is 0.345 e. The number of nitrogens with zero attached hydrogens (tertiary/aromatic N) is 2. The molecule has 6 heteroatoms. The number of nitrogens with two attached hydrogens (primary N) is 1. The molecule has 0 bridgehead atoms. The third-order valence-corrected chi connectivity index (χ3v) is 2.79. The topological polar surface area (TPSA) is 53.1 Å². The number of hydrogen-bond acceptors (Lipinski definition) is 3. The Balaban J connectivity index is 1.92. The van der Waals surface area contributed by atoms with Gasteiger partial charge in [0.05, 0.1) is 29.7 Å². The highest BCUT2D eigenvalue weighted by molar-refractivity contribution is 5.40. The van der Waals surface area contributed by atoms with Gasteiger partial charge in [-0.25, -0.2) is 0 Å². The minimum absolute atomic E-state index is 0.144. The molecule has 0 radical (unpaired) electrons. The summed E-state index contributed by atoms with van der Waals surface area (Å²) in [5.41, 5.74) is 7.16. The molecule has 1 aliphatic rings. The third-order valence-electron chi connectivity index (χ3n) is 2.79. The first-order chi connectivity index (χ1) is 7.08. The van der Waals surface area contributed by atoms with Gasteiger partial charge in [0.1, 0.15) is 0 Å². The summed E-state index contributed by atoms with van der Waals surface area (Å²) in [6.45, 7) is -0.816. The lowest BCUT2D eigenvalue weighted by Crippen LogP contribution is -2.35. The fourth-order valence-corrected chi connectivity index (χ4v) is 1.80. The van der Waals surface area contributed by atoms with Crippen LogP contribution in [0, 0.1) is 6.92 Å². The minimum Gasteiger partial charge on any atom is -0.396 e. The summed E-state index contributed by atoms with van der Waals surface area (Å²) in [5, 5.41) is 4.10. The van der Waals surface area contributed by atoms with Crippen molar-refractivity contribution in [1.29, 1.82) is 0 Å². The van der Waals surface area contributed by atoms with E-state index in [1.165, 1.54) is 0 Å². The third kappa shape index (κ3) is 1.94. The highest BCUT2D eigenvalue weighted by Crippen LogP contribution is 2.36. The minimum atomic E-state index is -2.68. The zero-order chi connectivity index (χ0) is 11.0. The molecule has 4 nitrogen and oxygen atoms in total. The van der Waals surface area contributed by atoms with Crippen LogP contribution in [0.4, 0.5) is 14.5 Å². The summed E-state index contributed by atoms with van der Waals surface area (Å²) < 4.78 is 29.9. The molecule has 0 saturated heterocycles. The van der Waals surface area contributed by atoms with Crippen molar-refractivity contribution < 1.29 is 13.5 Å². The van der Waals surface area contributed by atoms with Crippen LogP contribution < -0.4 is 5.73 Å².